The van der Waals surface area contributed by atoms with Gasteiger partial charge in [-0.25, -0.2) is 22.4 Å². The number of imide groups is 1. The number of urea groups is 1. The van der Waals surface area contributed by atoms with E-state index in [0.717, 1.165) is 6.07 Å². The second kappa shape index (κ2) is 8.88. The summed E-state index contributed by atoms with van der Waals surface area (Å²) >= 11 is -1.36. The van der Waals surface area contributed by atoms with Crippen LogP contribution in [0.2, 0.25) is 0 Å². The molecule has 0 unspecified atom stereocenters. The van der Waals surface area contributed by atoms with Crippen LogP contribution >= 0.6 is 11.8 Å². The fourth-order valence-electron chi connectivity index (χ4n) is 2.13. The van der Waals surface area contributed by atoms with Gasteiger partial charge in [0.25, 0.3) is 5.91 Å². The molecule has 0 saturated heterocycles. The zero-order chi connectivity index (χ0) is 24.5. The standard InChI is InChI=1S/C17H8F10N2O2S/c18-8-2-1-3-9(19)12(8)13(30)29-14(31)28-11-5-4-7(6-10(11)20)32-15(21,16(22,23)24)17(25,26)27/h1-6H,(H2,28,29,30,31). The molecule has 0 aromatic heterocycles. The number of carbonyl (C=O) groups is 2. The van der Waals surface area contributed by atoms with Gasteiger partial charge in [-0.2, -0.15) is 26.3 Å². The van der Waals surface area contributed by atoms with Gasteiger partial charge >= 0.3 is 23.4 Å². The van der Waals surface area contributed by atoms with Crippen molar-refractivity contribution >= 4 is 29.4 Å². The summed E-state index contributed by atoms with van der Waals surface area (Å²) in [5.41, 5.74) is -1.99. The van der Waals surface area contributed by atoms with E-state index in [9.17, 15) is 53.5 Å². The minimum absolute atomic E-state index is 0.0739. The van der Waals surface area contributed by atoms with Crippen LogP contribution in [-0.4, -0.2) is 29.3 Å². The topological polar surface area (TPSA) is 58.2 Å². The smallest absolute Gasteiger partial charge is 0.305 e. The van der Waals surface area contributed by atoms with Crippen molar-refractivity contribution in [3.8, 4) is 0 Å². The third-order valence-electron chi connectivity index (χ3n) is 3.59. The van der Waals surface area contributed by atoms with Crippen LogP contribution in [-0.2, 0) is 0 Å². The summed E-state index contributed by atoms with van der Waals surface area (Å²) in [5.74, 6) is -5.82. The Hall–Kier alpha value is -2.97. The van der Waals surface area contributed by atoms with Crippen LogP contribution in [0.3, 0.4) is 0 Å². The Bertz CT molecular complexity index is 1000. The van der Waals surface area contributed by atoms with Gasteiger partial charge < -0.3 is 5.32 Å². The number of anilines is 1. The number of amides is 3. The van der Waals surface area contributed by atoms with Crippen molar-refractivity contribution < 1.29 is 53.5 Å². The lowest BCUT2D eigenvalue weighted by atomic mass is 10.2. The zero-order valence-electron chi connectivity index (χ0n) is 15.0. The number of carbonyl (C=O) groups excluding carboxylic acids is 2. The minimum atomic E-state index is -6.38. The summed E-state index contributed by atoms with van der Waals surface area (Å²) in [7, 11) is 0. The molecule has 3 amide bonds. The molecule has 0 spiro atoms. The fourth-order valence-corrected chi connectivity index (χ4v) is 2.99. The molecule has 0 fully saturated rings. The van der Waals surface area contributed by atoms with E-state index in [1.807, 2.05) is 0 Å². The van der Waals surface area contributed by atoms with Crippen LogP contribution < -0.4 is 10.6 Å². The van der Waals surface area contributed by atoms with Gasteiger partial charge in [-0.15, -0.1) is 0 Å². The van der Waals surface area contributed by atoms with E-state index in [1.54, 1.807) is 5.32 Å². The lowest BCUT2D eigenvalue weighted by Gasteiger charge is -2.29. The number of hydrogen-bond acceptors (Lipinski definition) is 3. The molecule has 2 aromatic carbocycles. The summed E-state index contributed by atoms with van der Waals surface area (Å²) in [6, 6.07) is 1.80. The summed E-state index contributed by atoms with van der Waals surface area (Å²) in [6.45, 7) is 0. The third-order valence-corrected chi connectivity index (χ3v) is 4.83. The van der Waals surface area contributed by atoms with E-state index in [4.69, 9.17) is 0 Å². The average molecular weight is 494 g/mol. The van der Waals surface area contributed by atoms with Crippen molar-refractivity contribution in [2.45, 2.75) is 22.2 Å². The Morgan fingerprint density at radius 1 is 0.781 bits per heavy atom. The average Bonchev–Trinajstić information content (AvgIpc) is 2.61. The highest BCUT2D eigenvalue weighted by Gasteiger charge is 2.73. The van der Waals surface area contributed by atoms with Gasteiger partial charge in [0.1, 0.15) is 23.0 Å². The van der Waals surface area contributed by atoms with Gasteiger partial charge in [-0.05, 0) is 30.3 Å². The maximum Gasteiger partial charge on any atom is 0.441 e. The maximum atomic E-state index is 14.0. The monoisotopic (exact) mass is 494 g/mol. The second-order valence-electron chi connectivity index (χ2n) is 5.84. The second-order valence-corrected chi connectivity index (χ2v) is 7.08. The molecule has 0 radical (unpaired) electrons. The largest absolute Gasteiger partial charge is 0.441 e. The van der Waals surface area contributed by atoms with Crippen molar-refractivity contribution in [1.82, 2.24) is 5.32 Å². The van der Waals surface area contributed by atoms with E-state index in [0.29, 0.717) is 24.3 Å². The Morgan fingerprint density at radius 2 is 1.31 bits per heavy atom. The number of alkyl halides is 7. The number of hydrogen-bond donors (Lipinski definition) is 2. The van der Waals surface area contributed by atoms with Crippen LogP contribution in [0.4, 0.5) is 54.4 Å². The molecule has 2 aromatic rings. The molecule has 0 aliphatic carbocycles. The van der Waals surface area contributed by atoms with E-state index in [1.165, 1.54) is 5.32 Å². The first-order valence-corrected chi connectivity index (χ1v) is 8.75. The number of halogens is 10. The van der Waals surface area contributed by atoms with E-state index < -0.39 is 74.7 Å². The number of nitrogens with one attached hydrogen (secondary N) is 2. The predicted octanol–water partition coefficient (Wildman–Crippen LogP) is 5.95. The summed E-state index contributed by atoms with van der Waals surface area (Å²) in [6.07, 6.45) is -12.8. The van der Waals surface area contributed by atoms with E-state index in [2.05, 4.69) is 0 Å². The summed E-state index contributed by atoms with van der Waals surface area (Å²) in [5, 5.41) is -2.63. The Balaban J connectivity index is 2.17. The Labute approximate surface area is 176 Å². The maximum absolute atomic E-state index is 14.0. The highest BCUT2D eigenvalue weighted by Crippen LogP contribution is 2.55. The molecule has 2 N–H and O–H groups in total. The zero-order valence-corrected chi connectivity index (χ0v) is 15.8. The predicted molar refractivity (Wildman–Crippen MR) is 91.0 cm³/mol. The number of thioether (sulfide) groups is 1. The molecule has 174 valence electrons. The number of benzene rings is 2. The first kappa shape index (κ1) is 25.3. The Morgan fingerprint density at radius 3 is 1.78 bits per heavy atom. The summed E-state index contributed by atoms with van der Waals surface area (Å²) < 4.78 is 130. The van der Waals surface area contributed by atoms with Gasteiger partial charge in [0.15, 0.2) is 0 Å². The molecule has 2 rings (SSSR count). The van der Waals surface area contributed by atoms with E-state index in [-0.39, 0.29) is 6.07 Å². The van der Waals surface area contributed by atoms with Gasteiger partial charge in [-0.1, -0.05) is 17.8 Å². The first-order valence-electron chi connectivity index (χ1n) is 7.94. The van der Waals surface area contributed by atoms with Crippen molar-refractivity contribution in [1.29, 1.82) is 0 Å². The van der Waals surface area contributed by atoms with Crippen LogP contribution in [0.25, 0.3) is 0 Å². The molecule has 15 heteroatoms. The van der Waals surface area contributed by atoms with Crippen LogP contribution in [0.1, 0.15) is 10.4 Å². The lowest BCUT2D eigenvalue weighted by molar-refractivity contribution is -0.302. The number of rotatable bonds is 4. The van der Waals surface area contributed by atoms with Gasteiger partial charge in [0, 0.05) is 4.90 Å². The molecular formula is C17H8F10N2O2S. The quantitative estimate of drug-likeness (QED) is 0.408. The molecule has 0 atom stereocenters. The Kier molecular flexibility index (Phi) is 7.02. The first-order chi connectivity index (χ1) is 14.6. The molecule has 0 heterocycles. The molecule has 0 aliphatic rings. The molecule has 0 saturated carbocycles. The molecular weight excluding hydrogens is 486 g/mol. The van der Waals surface area contributed by atoms with Crippen LogP contribution in [0, 0.1) is 17.5 Å². The third kappa shape index (κ3) is 5.26. The van der Waals surface area contributed by atoms with Gasteiger partial charge in [0.05, 0.1) is 5.69 Å². The molecule has 4 nitrogen and oxygen atoms in total. The highest BCUT2D eigenvalue weighted by atomic mass is 32.2. The van der Waals surface area contributed by atoms with Crippen molar-refractivity contribution in [2.24, 2.45) is 0 Å². The molecule has 0 aliphatic heterocycles. The highest BCUT2D eigenvalue weighted by molar-refractivity contribution is 8.00. The van der Waals surface area contributed by atoms with Crippen LogP contribution in [0.15, 0.2) is 41.3 Å². The van der Waals surface area contributed by atoms with Gasteiger partial charge in [0.2, 0.25) is 0 Å². The molecule has 32 heavy (non-hydrogen) atoms. The fraction of sp³-hybridized carbons (Fsp3) is 0.176. The van der Waals surface area contributed by atoms with Crippen LogP contribution in [0.5, 0.6) is 0 Å². The summed E-state index contributed by atoms with van der Waals surface area (Å²) in [4.78, 5) is 22.4. The van der Waals surface area contributed by atoms with Gasteiger partial charge in [-0.3, -0.25) is 10.1 Å². The SMILES string of the molecule is O=C(NC(=O)c1c(F)cccc1F)Nc1ccc(SC(F)(C(F)(F)F)C(F)(F)F)cc1F. The lowest BCUT2D eigenvalue weighted by Crippen LogP contribution is -2.50. The van der Waals surface area contributed by atoms with E-state index >= 15 is 0 Å². The minimum Gasteiger partial charge on any atom is -0.305 e. The normalized spacial score (nSPS) is 12.4. The van der Waals surface area contributed by atoms with Crippen molar-refractivity contribution in [3.05, 3.63) is 59.4 Å². The van der Waals surface area contributed by atoms with Crippen molar-refractivity contribution in [3.63, 3.8) is 0 Å². The van der Waals surface area contributed by atoms with Crippen molar-refractivity contribution in [2.75, 3.05) is 5.32 Å². The molecule has 0 bridgehead atoms.